The molecule has 1 atom stereocenters. The summed E-state index contributed by atoms with van der Waals surface area (Å²) in [6.07, 6.45) is 0.544. The maximum Gasteiger partial charge on any atom is 0.243 e. The Labute approximate surface area is 207 Å². The van der Waals surface area contributed by atoms with Gasteiger partial charge in [0, 0.05) is 23.5 Å². The summed E-state index contributed by atoms with van der Waals surface area (Å²) in [5.74, 6) is -0.311. The van der Waals surface area contributed by atoms with E-state index in [1.165, 1.54) is 0 Å². The van der Waals surface area contributed by atoms with Gasteiger partial charge in [0.25, 0.3) is 0 Å². The van der Waals surface area contributed by atoms with Crippen molar-refractivity contribution in [3.05, 3.63) is 106 Å². The van der Waals surface area contributed by atoms with Crippen LogP contribution in [0.3, 0.4) is 0 Å². The van der Waals surface area contributed by atoms with Gasteiger partial charge in [-0.2, -0.15) is 0 Å². The number of benzene rings is 3. The first-order chi connectivity index (χ1) is 16.1. The van der Waals surface area contributed by atoms with Crippen molar-refractivity contribution in [2.24, 2.45) is 0 Å². The van der Waals surface area contributed by atoms with Crippen LogP contribution in [0.5, 0.6) is 0 Å². The van der Waals surface area contributed by atoms with Crippen molar-refractivity contribution in [2.75, 3.05) is 0 Å². The number of hydrogen-bond donors (Lipinski definition) is 1. The maximum absolute atomic E-state index is 13.7. The number of aryl methyl sites for hydroxylation is 1. The van der Waals surface area contributed by atoms with Crippen molar-refractivity contribution in [1.82, 2.24) is 10.2 Å². The number of rotatable bonds is 8. The minimum Gasteiger partial charge on any atom is -0.350 e. The molecule has 0 aliphatic carbocycles. The summed E-state index contributed by atoms with van der Waals surface area (Å²) in [4.78, 5) is 29.0. The molecular weight excluding hydrogens is 444 g/mol. The topological polar surface area (TPSA) is 49.4 Å². The second-order valence-electron chi connectivity index (χ2n) is 9.72. The Hall–Kier alpha value is -3.11. The lowest BCUT2D eigenvalue weighted by molar-refractivity contribution is -0.141. The van der Waals surface area contributed by atoms with Crippen molar-refractivity contribution in [3.8, 4) is 0 Å². The molecule has 0 fully saturated rings. The lowest BCUT2D eigenvalue weighted by Crippen LogP contribution is -2.54. The predicted molar refractivity (Wildman–Crippen MR) is 139 cm³/mol. The highest BCUT2D eigenvalue weighted by Crippen LogP contribution is 2.21. The van der Waals surface area contributed by atoms with Gasteiger partial charge in [-0.05, 0) is 50.5 Å². The Kier molecular flexibility index (Phi) is 8.51. The number of hydrogen-bond acceptors (Lipinski definition) is 2. The summed E-state index contributed by atoms with van der Waals surface area (Å²) < 4.78 is 0. The molecule has 1 N–H and O–H groups in total. The van der Waals surface area contributed by atoms with E-state index in [9.17, 15) is 9.59 Å². The number of amides is 2. The molecule has 0 aromatic heterocycles. The molecule has 178 valence electrons. The van der Waals surface area contributed by atoms with Gasteiger partial charge < -0.3 is 10.2 Å². The van der Waals surface area contributed by atoms with Crippen LogP contribution >= 0.6 is 11.6 Å². The predicted octanol–water partition coefficient (Wildman–Crippen LogP) is 5.75. The fourth-order valence-electron chi connectivity index (χ4n) is 3.80. The Bertz CT molecular complexity index is 1100. The van der Waals surface area contributed by atoms with Crippen LogP contribution < -0.4 is 5.32 Å². The molecule has 0 radical (unpaired) electrons. The fourth-order valence-corrected chi connectivity index (χ4v) is 4.01. The fraction of sp³-hybridized carbons (Fsp3) is 0.310. The first-order valence-electron chi connectivity index (χ1n) is 11.6. The quantitative estimate of drug-likeness (QED) is 0.450. The Morgan fingerprint density at radius 2 is 1.50 bits per heavy atom. The standard InChI is InChI=1S/C29H33ClN2O2/c1-21-14-16-23(17-15-21)20-32(27(33)19-24-12-8-9-13-25(24)30)26(28(34)31-29(2,3)4)18-22-10-6-5-7-11-22/h5-17,26H,18-20H2,1-4H3,(H,31,34)/t26-/m1/s1. The van der Waals surface area contributed by atoms with Crippen LogP contribution in [0.1, 0.15) is 43.0 Å². The van der Waals surface area contributed by atoms with E-state index in [0.29, 0.717) is 18.0 Å². The minimum absolute atomic E-state index is 0.125. The number of halogens is 1. The molecule has 0 heterocycles. The molecule has 4 nitrogen and oxygen atoms in total. The van der Waals surface area contributed by atoms with Crippen molar-refractivity contribution >= 4 is 23.4 Å². The molecule has 0 aliphatic heterocycles. The van der Waals surface area contributed by atoms with Crippen LogP contribution in [-0.2, 0) is 29.0 Å². The van der Waals surface area contributed by atoms with Crippen LogP contribution in [0.15, 0.2) is 78.9 Å². The maximum atomic E-state index is 13.7. The SMILES string of the molecule is Cc1ccc(CN(C(=O)Cc2ccccc2Cl)[C@H](Cc2ccccc2)C(=O)NC(C)(C)C)cc1. The Balaban J connectivity index is 1.99. The second-order valence-corrected chi connectivity index (χ2v) is 10.1. The summed E-state index contributed by atoms with van der Waals surface area (Å²) in [5.41, 5.74) is 3.44. The van der Waals surface area contributed by atoms with E-state index in [-0.39, 0.29) is 18.2 Å². The summed E-state index contributed by atoms with van der Waals surface area (Å²) in [7, 11) is 0. The first kappa shape index (κ1) is 25.5. The molecule has 0 saturated carbocycles. The van der Waals surface area contributed by atoms with Crippen LogP contribution in [0.2, 0.25) is 5.02 Å². The molecule has 3 rings (SSSR count). The van der Waals surface area contributed by atoms with Gasteiger partial charge >= 0.3 is 0 Å². The van der Waals surface area contributed by atoms with E-state index in [0.717, 1.165) is 22.3 Å². The third kappa shape index (κ3) is 7.46. The van der Waals surface area contributed by atoms with Crippen LogP contribution in [0.4, 0.5) is 0 Å². The van der Waals surface area contributed by atoms with Crippen molar-refractivity contribution in [1.29, 1.82) is 0 Å². The van der Waals surface area contributed by atoms with Gasteiger partial charge in [-0.25, -0.2) is 0 Å². The first-order valence-corrected chi connectivity index (χ1v) is 11.9. The third-order valence-electron chi connectivity index (χ3n) is 5.54. The zero-order valence-electron chi connectivity index (χ0n) is 20.3. The average molecular weight is 477 g/mol. The molecule has 5 heteroatoms. The monoisotopic (exact) mass is 476 g/mol. The van der Waals surface area contributed by atoms with Gasteiger partial charge in [0.05, 0.1) is 6.42 Å². The van der Waals surface area contributed by atoms with Crippen molar-refractivity contribution in [3.63, 3.8) is 0 Å². The Morgan fingerprint density at radius 3 is 2.12 bits per heavy atom. The minimum atomic E-state index is -0.669. The summed E-state index contributed by atoms with van der Waals surface area (Å²) in [5, 5.41) is 3.63. The van der Waals surface area contributed by atoms with E-state index in [1.807, 2.05) is 100 Å². The zero-order valence-corrected chi connectivity index (χ0v) is 21.1. The van der Waals surface area contributed by atoms with Gasteiger partial charge in [-0.3, -0.25) is 9.59 Å². The molecule has 3 aromatic rings. The molecule has 0 aliphatic rings. The average Bonchev–Trinajstić information content (AvgIpc) is 2.78. The molecule has 0 spiro atoms. The van der Waals surface area contributed by atoms with Gasteiger partial charge in [-0.15, -0.1) is 0 Å². The molecule has 3 aromatic carbocycles. The molecule has 0 bridgehead atoms. The van der Waals surface area contributed by atoms with Gasteiger partial charge in [0.1, 0.15) is 6.04 Å². The van der Waals surface area contributed by atoms with Gasteiger partial charge in [0.2, 0.25) is 11.8 Å². The number of nitrogens with zero attached hydrogens (tertiary/aromatic N) is 1. The highest BCUT2D eigenvalue weighted by atomic mass is 35.5. The highest BCUT2D eigenvalue weighted by molar-refractivity contribution is 6.31. The van der Waals surface area contributed by atoms with E-state index < -0.39 is 11.6 Å². The van der Waals surface area contributed by atoms with Gasteiger partial charge in [0.15, 0.2) is 0 Å². The van der Waals surface area contributed by atoms with E-state index in [4.69, 9.17) is 11.6 Å². The van der Waals surface area contributed by atoms with Crippen molar-refractivity contribution < 1.29 is 9.59 Å². The largest absolute Gasteiger partial charge is 0.350 e. The smallest absolute Gasteiger partial charge is 0.243 e. The van der Waals surface area contributed by atoms with Crippen LogP contribution in [-0.4, -0.2) is 28.3 Å². The lowest BCUT2D eigenvalue weighted by atomic mass is 9.99. The summed E-state index contributed by atoms with van der Waals surface area (Å²) in [6, 6.07) is 24.5. The van der Waals surface area contributed by atoms with Gasteiger partial charge in [-0.1, -0.05) is 90.0 Å². The zero-order chi connectivity index (χ0) is 24.7. The van der Waals surface area contributed by atoms with Crippen LogP contribution in [0, 0.1) is 6.92 Å². The number of carbonyl (C=O) groups is 2. The van der Waals surface area contributed by atoms with E-state index in [1.54, 1.807) is 11.0 Å². The Morgan fingerprint density at radius 1 is 0.882 bits per heavy atom. The van der Waals surface area contributed by atoms with E-state index >= 15 is 0 Å². The molecule has 34 heavy (non-hydrogen) atoms. The summed E-state index contributed by atoms with van der Waals surface area (Å²) in [6.45, 7) is 8.19. The van der Waals surface area contributed by atoms with Crippen molar-refractivity contribution in [2.45, 2.75) is 58.7 Å². The number of carbonyl (C=O) groups excluding carboxylic acids is 2. The van der Waals surface area contributed by atoms with Crippen LogP contribution in [0.25, 0.3) is 0 Å². The molecule has 0 saturated heterocycles. The normalized spacial score (nSPS) is 12.1. The lowest BCUT2D eigenvalue weighted by Gasteiger charge is -2.34. The molecule has 2 amide bonds. The molecule has 0 unspecified atom stereocenters. The number of nitrogens with one attached hydrogen (secondary N) is 1. The van der Waals surface area contributed by atoms with E-state index in [2.05, 4.69) is 5.32 Å². The highest BCUT2D eigenvalue weighted by Gasteiger charge is 2.32. The summed E-state index contributed by atoms with van der Waals surface area (Å²) >= 11 is 6.36. The third-order valence-corrected chi connectivity index (χ3v) is 5.91. The molecular formula is C29H33ClN2O2. The second kappa shape index (κ2) is 11.3.